The number of rotatable bonds is 4. The molecule has 3 rings (SSSR count). The van der Waals surface area contributed by atoms with Crippen LogP contribution < -0.4 is 11.1 Å². The molecule has 1 aromatic rings. The minimum atomic E-state index is -0.668. The predicted octanol–water partition coefficient (Wildman–Crippen LogP) is 3.29. The van der Waals surface area contributed by atoms with Crippen molar-refractivity contribution in [1.82, 2.24) is 5.32 Å². The zero-order valence-corrected chi connectivity index (χ0v) is 16.4. The van der Waals surface area contributed by atoms with E-state index in [0.29, 0.717) is 11.8 Å². The molecule has 3 unspecified atom stereocenters. The normalized spacial score (nSPS) is 29.9. The summed E-state index contributed by atoms with van der Waals surface area (Å²) in [7, 11) is 0. The molecule has 4 heteroatoms. The summed E-state index contributed by atoms with van der Waals surface area (Å²) in [6.45, 7) is 6.78. The smallest absolute Gasteiger partial charge is 0.223 e. The lowest BCUT2D eigenvalue weighted by molar-refractivity contribution is -0.128. The molecule has 2 fully saturated rings. The van der Waals surface area contributed by atoms with Crippen LogP contribution in [-0.4, -0.2) is 23.6 Å². The Morgan fingerprint density at radius 2 is 1.77 bits per heavy atom. The SMILES string of the molecule is CC(C)(C)c1ccc(C(O)CNC(=O)C2CC3CCCC(C2)C3N)cc1. The topological polar surface area (TPSA) is 75.3 Å². The Kier molecular flexibility index (Phi) is 5.73. The Bertz CT molecular complexity index is 606. The van der Waals surface area contributed by atoms with Gasteiger partial charge in [-0.15, -0.1) is 0 Å². The van der Waals surface area contributed by atoms with Crippen molar-refractivity contribution < 1.29 is 9.90 Å². The maximum absolute atomic E-state index is 12.6. The highest BCUT2D eigenvalue weighted by Gasteiger charge is 2.40. The van der Waals surface area contributed by atoms with Crippen LogP contribution in [0.4, 0.5) is 0 Å². The van der Waals surface area contributed by atoms with Gasteiger partial charge in [0.05, 0.1) is 6.10 Å². The molecule has 1 amide bonds. The number of benzene rings is 1. The standard InChI is InChI=1S/C22H34N2O2/c1-22(2,3)18-9-7-14(8-10-18)19(25)13-24-21(26)17-11-15-5-4-6-16(12-17)20(15)23/h7-10,15-17,19-20,25H,4-6,11-13,23H2,1-3H3,(H,24,26). The van der Waals surface area contributed by atoms with Crippen molar-refractivity contribution >= 4 is 5.91 Å². The molecule has 0 aromatic heterocycles. The number of aliphatic hydroxyl groups excluding tert-OH is 1. The highest BCUT2D eigenvalue weighted by molar-refractivity contribution is 5.78. The van der Waals surface area contributed by atoms with E-state index >= 15 is 0 Å². The summed E-state index contributed by atoms with van der Waals surface area (Å²) in [5, 5.41) is 13.4. The van der Waals surface area contributed by atoms with Gasteiger partial charge in [0.15, 0.2) is 0 Å². The molecule has 0 radical (unpaired) electrons. The second-order valence-corrected chi connectivity index (χ2v) is 9.33. The number of fused-ring (bicyclic) bond motifs is 2. The van der Waals surface area contributed by atoms with Crippen molar-refractivity contribution in [2.45, 2.75) is 70.4 Å². The number of hydrogen-bond acceptors (Lipinski definition) is 3. The number of nitrogens with one attached hydrogen (secondary N) is 1. The largest absolute Gasteiger partial charge is 0.387 e. The molecule has 2 aliphatic rings. The van der Waals surface area contributed by atoms with Gasteiger partial charge in [-0.05, 0) is 54.1 Å². The fourth-order valence-electron chi connectivity index (χ4n) is 4.67. The minimum Gasteiger partial charge on any atom is -0.387 e. The van der Waals surface area contributed by atoms with Gasteiger partial charge in [-0.2, -0.15) is 0 Å². The highest BCUT2D eigenvalue weighted by atomic mass is 16.3. The second kappa shape index (κ2) is 7.69. The minimum absolute atomic E-state index is 0.0561. The molecule has 4 N–H and O–H groups in total. The summed E-state index contributed by atoms with van der Waals surface area (Å²) in [5.41, 5.74) is 8.50. The zero-order chi connectivity index (χ0) is 18.9. The van der Waals surface area contributed by atoms with E-state index in [-0.39, 0.29) is 29.8 Å². The predicted molar refractivity (Wildman–Crippen MR) is 105 cm³/mol. The maximum atomic E-state index is 12.6. The zero-order valence-electron chi connectivity index (χ0n) is 16.4. The molecule has 4 nitrogen and oxygen atoms in total. The molecule has 2 bridgehead atoms. The molecule has 0 saturated heterocycles. The van der Waals surface area contributed by atoms with E-state index < -0.39 is 6.10 Å². The van der Waals surface area contributed by atoms with Gasteiger partial charge in [0.1, 0.15) is 0 Å². The monoisotopic (exact) mass is 358 g/mol. The summed E-state index contributed by atoms with van der Waals surface area (Å²) in [6.07, 6.45) is 4.70. The number of nitrogens with two attached hydrogens (primary N) is 1. The highest BCUT2D eigenvalue weighted by Crippen LogP contribution is 2.41. The van der Waals surface area contributed by atoms with Gasteiger partial charge in [0.2, 0.25) is 5.91 Å². The summed E-state index contributed by atoms with van der Waals surface area (Å²) in [5.74, 6) is 1.13. The van der Waals surface area contributed by atoms with Gasteiger partial charge in [-0.1, -0.05) is 51.5 Å². The Morgan fingerprint density at radius 3 is 2.31 bits per heavy atom. The lowest BCUT2D eigenvalue weighted by Gasteiger charge is -2.43. The second-order valence-electron chi connectivity index (χ2n) is 9.33. The van der Waals surface area contributed by atoms with E-state index in [0.717, 1.165) is 31.2 Å². The van der Waals surface area contributed by atoms with Crippen molar-refractivity contribution in [3.05, 3.63) is 35.4 Å². The first-order chi connectivity index (χ1) is 12.3. The Hall–Kier alpha value is -1.39. The average Bonchev–Trinajstić information content (AvgIpc) is 2.58. The first-order valence-corrected chi connectivity index (χ1v) is 10.1. The van der Waals surface area contributed by atoms with Crippen molar-refractivity contribution in [3.8, 4) is 0 Å². The van der Waals surface area contributed by atoms with Gasteiger partial charge in [-0.3, -0.25) is 4.79 Å². The molecular weight excluding hydrogens is 324 g/mol. The van der Waals surface area contributed by atoms with Crippen LogP contribution in [0.15, 0.2) is 24.3 Å². The summed E-state index contributed by atoms with van der Waals surface area (Å²) < 4.78 is 0. The van der Waals surface area contributed by atoms with Crippen LogP contribution in [0.2, 0.25) is 0 Å². The fourth-order valence-corrected chi connectivity index (χ4v) is 4.67. The molecule has 0 aliphatic heterocycles. The van der Waals surface area contributed by atoms with Crippen LogP contribution in [-0.2, 0) is 10.2 Å². The van der Waals surface area contributed by atoms with E-state index in [9.17, 15) is 9.90 Å². The summed E-state index contributed by atoms with van der Waals surface area (Å²) >= 11 is 0. The average molecular weight is 359 g/mol. The molecule has 26 heavy (non-hydrogen) atoms. The molecule has 0 heterocycles. The van der Waals surface area contributed by atoms with Crippen molar-refractivity contribution in [3.63, 3.8) is 0 Å². The lowest BCUT2D eigenvalue weighted by atomic mass is 9.65. The van der Waals surface area contributed by atoms with E-state index in [1.165, 1.54) is 12.0 Å². The molecule has 2 saturated carbocycles. The Labute approximate surface area is 157 Å². The first kappa shape index (κ1) is 19.4. The van der Waals surface area contributed by atoms with Crippen LogP contribution in [0.3, 0.4) is 0 Å². The number of carbonyl (C=O) groups excluding carboxylic acids is 1. The third-order valence-electron chi connectivity index (χ3n) is 6.41. The van der Waals surface area contributed by atoms with Crippen molar-refractivity contribution in [1.29, 1.82) is 0 Å². The maximum Gasteiger partial charge on any atom is 0.223 e. The molecule has 3 atom stereocenters. The van der Waals surface area contributed by atoms with Gasteiger partial charge in [-0.25, -0.2) is 0 Å². The molecule has 144 valence electrons. The van der Waals surface area contributed by atoms with Gasteiger partial charge in [0.25, 0.3) is 0 Å². The van der Waals surface area contributed by atoms with Crippen LogP contribution in [0.5, 0.6) is 0 Å². The first-order valence-electron chi connectivity index (χ1n) is 10.1. The van der Waals surface area contributed by atoms with Gasteiger partial charge in [0, 0.05) is 18.5 Å². The lowest BCUT2D eigenvalue weighted by Crippen LogP contribution is -2.49. The van der Waals surface area contributed by atoms with Crippen LogP contribution in [0.25, 0.3) is 0 Å². The third-order valence-corrected chi connectivity index (χ3v) is 6.41. The molecule has 1 aromatic carbocycles. The van der Waals surface area contributed by atoms with Gasteiger partial charge >= 0.3 is 0 Å². The molecular formula is C22H34N2O2. The van der Waals surface area contributed by atoms with Crippen LogP contribution in [0, 0.1) is 17.8 Å². The van der Waals surface area contributed by atoms with Crippen LogP contribution >= 0.6 is 0 Å². The van der Waals surface area contributed by atoms with E-state index in [4.69, 9.17) is 5.73 Å². The van der Waals surface area contributed by atoms with E-state index in [2.05, 4.69) is 38.2 Å². The summed E-state index contributed by atoms with van der Waals surface area (Å²) in [6, 6.07) is 8.32. The van der Waals surface area contributed by atoms with Gasteiger partial charge < -0.3 is 16.2 Å². The quantitative estimate of drug-likeness (QED) is 0.773. The summed E-state index contributed by atoms with van der Waals surface area (Å²) in [4.78, 5) is 12.6. The fraction of sp³-hybridized carbons (Fsp3) is 0.682. The number of hydrogen-bond donors (Lipinski definition) is 3. The van der Waals surface area contributed by atoms with E-state index in [1.54, 1.807) is 0 Å². The Morgan fingerprint density at radius 1 is 1.19 bits per heavy atom. The number of aliphatic hydroxyl groups is 1. The Balaban J connectivity index is 1.53. The van der Waals surface area contributed by atoms with Crippen molar-refractivity contribution in [2.24, 2.45) is 23.5 Å². The van der Waals surface area contributed by atoms with E-state index in [1.807, 2.05) is 12.1 Å². The third kappa shape index (κ3) is 4.29. The number of carbonyl (C=O) groups is 1. The number of amides is 1. The molecule has 2 aliphatic carbocycles. The molecule has 0 spiro atoms. The van der Waals surface area contributed by atoms with Crippen molar-refractivity contribution in [2.75, 3.05) is 6.54 Å². The van der Waals surface area contributed by atoms with Crippen LogP contribution in [0.1, 0.15) is 70.1 Å².